The number of rotatable bonds is 32. The summed E-state index contributed by atoms with van der Waals surface area (Å²) in [7, 11) is 0. The molecule has 0 atom stereocenters. The van der Waals surface area contributed by atoms with E-state index in [0.29, 0.717) is 13.1 Å². The highest BCUT2D eigenvalue weighted by molar-refractivity contribution is 5.64. The Labute approximate surface area is 251 Å². The molecule has 0 aromatic heterocycles. The average Bonchev–Trinajstić information content (AvgIpc) is 2.95. The lowest BCUT2D eigenvalue weighted by Gasteiger charge is -2.19. The van der Waals surface area contributed by atoms with E-state index in [4.69, 9.17) is 0 Å². The van der Waals surface area contributed by atoms with Crippen LogP contribution in [0.25, 0.3) is 0 Å². The van der Waals surface area contributed by atoms with Gasteiger partial charge in [-0.25, -0.2) is 4.79 Å². The highest BCUT2D eigenvalue weighted by Crippen LogP contribution is 2.13. The van der Waals surface area contributed by atoms with Gasteiger partial charge in [0, 0.05) is 13.1 Å². The lowest BCUT2D eigenvalue weighted by atomic mass is 10.1. The molecule has 0 heterocycles. The Bertz CT molecular complexity index is 514. The van der Waals surface area contributed by atoms with E-state index in [-0.39, 0.29) is 0 Å². The van der Waals surface area contributed by atoms with E-state index in [2.05, 4.69) is 38.2 Å². The van der Waals surface area contributed by atoms with E-state index in [1.165, 1.54) is 154 Å². The van der Waals surface area contributed by atoms with Crippen LogP contribution < -0.4 is 0 Å². The van der Waals surface area contributed by atoms with Crippen LogP contribution in [-0.4, -0.2) is 29.2 Å². The Morgan fingerprint density at radius 3 is 0.950 bits per heavy atom. The summed E-state index contributed by atoms with van der Waals surface area (Å²) in [6.45, 7) is 5.97. The summed E-state index contributed by atoms with van der Waals surface area (Å²) < 4.78 is 0. The molecule has 0 aliphatic rings. The Kier molecular flexibility index (Phi) is 32.9. The number of carbonyl (C=O) groups is 1. The Morgan fingerprint density at radius 1 is 0.425 bits per heavy atom. The number of nitrogens with zero attached hydrogens (tertiary/aromatic N) is 1. The summed E-state index contributed by atoms with van der Waals surface area (Å²) in [6, 6.07) is 0. The van der Waals surface area contributed by atoms with Crippen LogP contribution >= 0.6 is 0 Å². The lowest BCUT2D eigenvalue weighted by molar-refractivity contribution is 0.143. The fourth-order valence-corrected chi connectivity index (χ4v) is 5.40. The Balaban J connectivity index is 3.47. The molecule has 3 nitrogen and oxygen atoms in total. The molecule has 0 fully saturated rings. The first-order chi connectivity index (χ1) is 19.7. The fraction of sp³-hybridized carbons (Fsp3) is 0.865. The van der Waals surface area contributed by atoms with Gasteiger partial charge in [0.15, 0.2) is 0 Å². The quantitative estimate of drug-likeness (QED) is 0.0655. The summed E-state index contributed by atoms with van der Waals surface area (Å²) in [5.74, 6) is 0. The molecule has 0 saturated carbocycles. The molecule has 1 N–H and O–H groups in total. The van der Waals surface area contributed by atoms with Gasteiger partial charge in [0.05, 0.1) is 0 Å². The van der Waals surface area contributed by atoms with Crippen molar-refractivity contribution in [2.45, 2.75) is 194 Å². The molecule has 0 aliphatic carbocycles. The first kappa shape index (κ1) is 38.8. The second-order valence-corrected chi connectivity index (χ2v) is 12.1. The van der Waals surface area contributed by atoms with Crippen molar-refractivity contribution in [1.82, 2.24) is 4.90 Å². The number of hydrogen-bond acceptors (Lipinski definition) is 1. The number of carboxylic acid groups (broad SMARTS) is 1. The minimum absolute atomic E-state index is 0.710. The fourth-order valence-electron chi connectivity index (χ4n) is 5.40. The zero-order chi connectivity index (χ0) is 29.2. The van der Waals surface area contributed by atoms with Crippen LogP contribution in [0.5, 0.6) is 0 Å². The predicted molar refractivity (Wildman–Crippen MR) is 179 cm³/mol. The van der Waals surface area contributed by atoms with Gasteiger partial charge in [0.25, 0.3) is 0 Å². The Morgan fingerprint density at radius 2 is 0.675 bits per heavy atom. The third-order valence-electron chi connectivity index (χ3n) is 8.15. The number of unbranched alkanes of at least 4 members (excludes halogenated alkanes) is 24. The predicted octanol–water partition coefficient (Wildman–Crippen LogP) is 13.0. The second kappa shape index (κ2) is 34.0. The zero-order valence-electron chi connectivity index (χ0n) is 27.3. The molecule has 0 unspecified atom stereocenters. The van der Waals surface area contributed by atoms with Crippen molar-refractivity contribution in [2.75, 3.05) is 13.1 Å². The highest BCUT2D eigenvalue weighted by Gasteiger charge is 2.10. The Hall–Kier alpha value is -1.25. The molecule has 0 aromatic rings. The summed E-state index contributed by atoms with van der Waals surface area (Å²) >= 11 is 0. The molecule has 0 bridgehead atoms. The topological polar surface area (TPSA) is 40.5 Å². The van der Waals surface area contributed by atoms with Crippen molar-refractivity contribution in [3.8, 4) is 0 Å². The molecular formula is C37H71NO2. The van der Waals surface area contributed by atoms with Gasteiger partial charge in [-0.3, -0.25) is 0 Å². The average molecular weight is 562 g/mol. The number of hydrogen-bond donors (Lipinski definition) is 1. The highest BCUT2D eigenvalue weighted by atomic mass is 16.4. The molecule has 1 amide bonds. The van der Waals surface area contributed by atoms with Gasteiger partial charge in [-0.2, -0.15) is 0 Å². The monoisotopic (exact) mass is 562 g/mol. The van der Waals surface area contributed by atoms with Crippen molar-refractivity contribution in [2.24, 2.45) is 0 Å². The minimum Gasteiger partial charge on any atom is -0.465 e. The lowest BCUT2D eigenvalue weighted by Crippen LogP contribution is -2.31. The standard InChI is InChI=1S/C37H71NO2/c1-3-5-7-9-11-13-15-17-19-21-23-25-27-29-31-33-35-38(37(39)40)36-34-32-30-28-26-24-22-20-18-16-14-12-10-8-6-4-2/h17-20H,3-16,21-36H2,1-2H3,(H,39,40)/b19-17-,20-18-. The summed E-state index contributed by atoms with van der Waals surface area (Å²) in [6.07, 6.45) is 44.9. The molecular weight excluding hydrogens is 490 g/mol. The van der Waals surface area contributed by atoms with E-state index in [9.17, 15) is 9.90 Å². The number of amides is 1. The molecule has 0 radical (unpaired) electrons. The van der Waals surface area contributed by atoms with Crippen LogP contribution in [0.15, 0.2) is 24.3 Å². The van der Waals surface area contributed by atoms with Crippen molar-refractivity contribution in [3.05, 3.63) is 24.3 Å². The third kappa shape index (κ3) is 31.3. The molecule has 0 aliphatic heterocycles. The largest absolute Gasteiger partial charge is 0.465 e. The normalized spacial score (nSPS) is 11.8. The maximum absolute atomic E-state index is 11.6. The van der Waals surface area contributed by atoms with Crippen LogP contribution in [0.4, 0.5) is 4.79 Å². The van der Waals surface area contributed by atoms with Gasteiger partial charge >= 0.3 is 6.09 Å². The van der Waals surface area contributed by atoms with Gasteiger partial charge in [-0.05, 0) is 64.2 Å². The summed E-state index contributed by atoms with van der Waals surface area (Å²) in [5.41, 5.74) is 0. The van der Waals surface area contributed by atoms with Gasteiger partial charge < -0.3 is 10.0 Å². The molecule has 0 saturated heterocycles. The molecule has 0 spiro atoms. The van der Waals surface area contributed by atoms with Crippen LogP contribution in [0.2, 0.25) is 0 Å². The van der Waals surface area contributed by atoms with Crippen molar-refractivity contribution in [1.29, 1.82) is 0 Å². The SMILES string of the molecule is CCCCCCCC/C=C\CCCCCCCCN(CCCCCCCC/C=C\CCCCCCCC)C(=O)O. The molecule has 0 rings (SSSR count). The van der Waals surface area contributed by atoms with Gasteiger partial charge in [-0.1, -0.05) is 154 Å². The van der Waals surface area contributed by atoms with Crippen LogP contribution in [0, 0.1) is 0 Å². The molecule has 236 valence electrons. The second-order valence-electron chi connectivity index (χ2n) is 12.1. The first-order valence-electron chi connectivity index (χ1n) is 18.0. The molecule has 3 heteroatoms. The van der Waals surface area contributed by atoms with E-state index in [0.717, 1.165) is 25.7 Å². The van der Waals surface area contributed by atoms with E-state index < -0.39 is 6.09 Å². The minimum atomic E-state index is -0.736. The number of allylic oxidation sites excluding steroid dienone is 4. The van der Waals surface area contributed by atoms with Crippen molar-refractivity contribution in [3.63, 3.8) is 0 Å². The van der Waals surface area contributed by atoms with Crippen LogP contribution in [0.1, 0.15) is 194 Å². The van der Waals surface area contributed by atoms with E-state index >= 15 is 0 Å². The summed E-state index contributed by atoms with van der Waals surface area (Å²) in [4.78, 5) is 13.3. The molecule has 40 heavy (non-hydrogen) atoms. The van der Waals surface area contributed by atoms with Gasteiger partial charge in [0.2, 0.25) is 0 Å². The van der Waals surface area contributed by atoms with E-state index in [1.807, 2.05) is 0 Å². The van der Waals surface area contributed by atoms with Gasteiger partial charge in [0.1, 0.15) is 0 Å². The zero-order valence-corrected chi connectivity index (χ0v) is 27.3. The van der Waals surface area contributed by atoms with Crippen LogP contribution in [0.3, 0.4) is 0 Å². The smallest absolute Gasteiger partial charge is 0.407 e. The maximum Gasteiger partial charge on any atom is 0.407 e. The van der Waals surface area contributed by atoms with Crippen LogP contribution in [-0.2, 0) is 0 Å². The summed E-state index contributed by atoms with van der Waals surface area (Å²) in [5, 5.41) is 9.54. The van der Waals surface area contributed by atoms with Crippen molar-refractivity contribution < 1.29 is 9.90 Å². The first-order valence-corrected chi connectivity index (χ1v) is 18.0. The molecule has 0 aromatic carbocycles. The van der Waals surface area contributed by atoms with E-state index in [1.54, 1.807) is 4.90 Å². The van der Waals surface area contributed by atoms with Crippen molar-refractivity contribution >= 4 is 6.09 Å². The maximum atomic E-state index is 11.6. The van der Waals surface area contributed by atoms with Gasteiger partial charge in [-0.15, -0.1) is 0 Å². The third-order valence-corrected chi connectivity index (χ3v) is 8.15.